The Bertz CT molecular complexity index is 400. The van der Waals surface area contributed by atoms with Gasteiger partial charge in [0, 0.05) is 12.1 Å². The highest BCUT2D eigenvalue weighted by molar-refractivity contribution is 5.58. The Hall–Kier alpha value is -1.74. The maximum absolute atomic E-state index is 5.47. The van der Waals surface area contributed by atoms with E-state index in [1.54, 1.807) is 0 Å². The Morgan fingerprint density at radius 3 is 2.25 bits per heavy atom. The third kappa shape index (κ3) is 2.25. The number of nitrogens with two attached hydrogens (primary N) is 1. The molecule has 0 fully saturated rings. The van der Waals surface area contributed by atoms with Crippen LogP contribution in [-0.2, 0) is 13.0 Å². The number of rotatable bonds is 3. The summed E-state index contributed by atoms with van der Waals surface area (Å²) in [5.74, 6) is 0. The molecule has 1 heterocycles. The van der Waals surface area contributed by atoms with Gasteiger partial charge >= 0.3 is 0 Å². The van der Waals surface area contributed by atoms with Crippen LogP contribution in [0, 0.1) is 0 Å². The van der Waals surface area contributed by atoms with Gasteiger partial charge in [0.2, 0.25) is 0 Å². The number of aryl methyl sites for hydroxylation is 1. The number of aromatic nitrogens is 2. The first-order valence-electron chi connectivity index (χ1n) is 5.45. The standard InChI is InChI=1S/C13H15N3/c1-2-10-3-5-11(6-4-10)13-8-7-12(9-14)15-16-13/h3-8H,2,9,14H2,1H3. The molecule has 82 valence electrons. The number of nitrogens with zero attached hydrogens (tertiary/aromatic N) is 2. The van der Waals surface area contributed by atoms with Crippen LogP contribution in [0.25, 0.3) is 11.3 Å². The van der Waals surface area contributed by atoms with Gasteiger partial charge in [-0.15, -0.1) is 0 Å². The van der Waals surface area contributed by atoms with E-state index in [0.717, 1.165) is 23.4 Å². The van der Waals surface area contributed by atoms with E-state index in [9.17, 15) is 0 Å². The van der Waals surface area contributed by atoms with Gasteiger partial charge in [0.25, 0.3) is 0 Å². The lowest BCUT2D eigenvalue weighted by Gasteiger charge is -2.02. The third-order valence-corrected chi connectivity index (χ3v) is 2.59. The fourth-order valence-corrected chi connectivity index (χ4v) is 1.53. The first-order valence-corrected chi connectivity index (χ1v) is 5.45. The molecule has 1 aromatic heterocycles. The molecule has 0 aliphatic heterocycles. The molecule has 3 heteroatoms. The van der Waals surface area contributed by atoms with Gasteiger partial charge in [-0.1, -0.05) is 31.2 Å². The predicted octanol–water partition coefficient (Wildman–Crippen LogP) is 2.16. The fraction of sp³-hybridized carbons (Fsp3) is 0.231. The van der Waals surface area contributed by atoms with Crippen LogP contribution >= 0.6 is 0 Å². The molecule has 2 aromatic rings. The van der Waals surface area contributed by atoms with Gasteiger partial charge in [-0.2, -0.15) is 10.2 Å². The van der Waals surface area contributed by atoms with Crippen molar-refractivity contribution in [2.24, 2.45) is 5.73 Å². The van der Waals surface area contributed by atoms with Crippen LogP contribution < -0.4 is 5.73 Å². The van der Waals surface area contributed by atoms with Crippen LogP contribution in [0.2, 0.25) is 0 Å². The zero-order chi connectivity index (χ0) is 11.4. The molecule has 0 aliphatic carbocycles. The zero-order valence-electron chi connectivity index (χ0n) is 9.35. The molecule has 0 spiro atoms. The van der Waals surface area contributed by atoms with Gasteiger partial charge in [0.1, 0.15) is 0 Å². The van der Waals surface area contributed by atoms with Crippen LogP contribution in [-0.4, -0.2) is 10.2 Å². The lowest BCUT2D eigenvalue weighted by molar-refractivity contribution is 0.902. The van der Waals surface area contributed by atoms with Crippen molar-refractivity contribution in [2.75, 3.05) is 0 Å². The molecule has 0 saturated heterocycles. The molecule has 0 amide bonds. The predicted molar refractivity (Wildman–Crippen MR) is 64.7 cm³/mol. The molecule has 16 heavy (non-hydrogen) atoms. The summed E-state index contributed by atoms with van der Waals surface area (Å²) in [6, 6.07) is 12.3. The van der Waals surface area contributed by atoms with Crippen molar-refractivity contribution in [3.8, 4) is 11.3 Å². The van der Waals surface area contributed by atoms with E-state index in [4.69, 9.17) is 5.73 Å². The van der Waals surface area contributed by atoms with Crippen molar-refractivity contribution in [3.05, 3.63) is 47.7 Å². The van der Waals surface area contributed by atoms with Gasteiger partial charge in [-0.25, -0.2) is 0 Å². The number of hydrogen-bond acceptors (Lipinski definition) is 3. The quantitative estimate of drug-likeness (QED) is 0.850. The minimum Gasteiger partial charge on any atom is -0.325 e. The average molecular weight is 213 g/mol. The van der Waals surface area contributed by atoms with E-state index in [1.165, 1.54) is 5.56 Å². The Labute approximate surface area is 95.3 Å². The highest BCUT2D eigenvalue weighted by Gasteiger charge is 2.00. The molecular formula is C13H15N3. The van der Waals surface area contributed by atoms with Crippen LogP contribution in [0.5, 0.6) is 0 Å². The number of benzene rings is 1. The second-order valence-corrected chi connectivity index (χ2v) is 3.66. The van der Waals surface area contributed by atoms with E-state index in [0.29, 0.717) is 6.54 Å². The minimum atomic E-state index is 0.433. The highest BCUT2D eigenvalue weighted by atomic mass is 15.1. The largest absolute Gasteiger partial charge is 0.325 e. The van der Waals surface area contributed by atoms with Gasteiger partial charge in [0.05, 0.1) is 11.4 Å². The van der Waals surface area contributed by atoms with Gasteiger partial charge in [-0.05, 0) is 24.1 Å². The Balaban J connectivity index is 2.28. The van der Waals surface area contributed by atoms with Crippen molar-refractivity contribution in [1.29, 1.82) is 0 Å². The highest BCUT2D eigenvalue weighted by Crippen LogP contribution is 2.16. The van der Waals surface area contributed by atoms with Crippen LogP contribution in [0.15, 0.2) is 36.4 Å². The molecule has 0 saturated carbocycles. The molecule has 2 rings (SSSR count). The second kappa shape index (κ2) is 4.86. The van der Waals surface area contributed by atoms with Crippen LogP contribution in [0.3, 0.4) is 0 Å². The minimum absolute atomic E-state index is 0.433. The van der Waals surface area contributed by atoms with Gasteiger partial charge in [-0.3, -0.25) is 0 Å². The van der Waals surface area contributed by atoms with E-state index in [2.05, 4.69) is 41.4 Å². The number of hydrogen-bond donors (Lipinski definition) is 1. The molecule has 2 N–H and O–H groups in total. The molecule has 0 aliphatic rings. The first-order chi connectivity index (χ1) is 7.83. The molecule has 1 aromatic carbocycles. The Kier molecular flexibility index (Phi) is 3.27. The second-order valence-electron chi connectivity index (χ2n) is 3.66. The summed E-state index contributed by atoms with van der Waals surface area (Å²) in [5.41, 5.74) is 9.60. The van der Waals surface area contributed by atoms with Crippen molar-refractivity contribution < 1.29 is 0 Å². The van der Waals surface area contributed by atoms with E-state index >= 15 is 0 Å². The zero-order valence-corrected chi connectivity index (χ0v) is 9.35. The SMILES string of the molecule is CCc1ccc(-c2ccc(CN)nn2)cc1. The molecule has 0 bridgehead atoms. The summed E-state index contributed by atoms with van der Waals surface area (Å²) in [5, 5.41) is 8.19. The third-order valence-electron chi connectivity index (χ3n) is 2.59. The lowest BCUT2D eigenvalue weighted by atomic mass is 10.1. The topological polar surface area (TPSA) is 51.8 Å². The fourth-order valence-electron chi connectivity index (χ4n) is 1.53. The molecular weight excluding hydrogens is 198 g/mol. The average Bonchev–Trinajstić information content (AvgIpc) is 2.39. The van der Waals surface area contributed by atoms with Crippen molar-refractivity contribution in [3.63, 3.8) is 0 Å². The monoisotopic (exact) mass is 213 g/mol. The van der Waals surface area contributed by atoms with Crippen molar-refractivity contribution in [1.82, 2.24) is 10.2 Å². The summed E-state index contributed by atoms with van der Waals surface area (Å²) in [6.45, 7) is 2.58. The van der Waals surface area contributed by atoms with Crippen LogP contribution in [0.1, 0.15) is 18.2 Å². The van der Waals surface area contributed by atoms with Crippen molar-refractivity contribution >= 4 is 0 Å². The molecule has 0 atom stereocenters. The molecule has 0 radical (unpaired) electrons. The van der Waals surface area contributed by atoms with Crippen LogP contribution in [0.4, 0.5) is 0 Å². The van der Waals surface area contributed by atoms with E-state index in [1.807, 2.05) is 12.1 Å². The molecule has 0 unspecified atom stereocenters. The van der Waals surface area contributed by atoms with E-state index in [-0.39, 0.29) is 0 Å². The Morgan fingerprint density at radius 2 is 1.75 bits per heavy atom. The molecule has 3 nitrogen and oxygen atoms in total. The lowest BCUT2D eigenvalue weighted by Crippen LogP contribution is -2.01. The summed E-state index contributed by atoms with van der Waals surface area (Å²) in [6.07, 6.45) is 1.05. The van der Waals surface area contributed by atoms with Crippen molar-refractivity contribution in [2.45, 2.75) is 19.9 Å². The van der Waals surface area contributed by atoms with Gasteiger partial charge < -0.3 is 5.73 Å². The van der Waals surface area contributed by atoms with E-state index < -0.39 is 0 Å². The Morgan fingerprint density at radius 1 is 1.00 bits per heavy atom. The maximum Gasteiger partial charge on any atom is 0.0929 e. The van der Waals surface area contributed by atoms with Gasteiger partial charge in [0.15, 0.2) is 0 Å². The first kappa shape index (κ1) is 10.8. The normalized spacial score (nSPS) is 10.4. The summed E-state index contributed by atoms with van der Waals surface area (Å²) >= 11 is 0. The maximum atomic E-state index is 5.47. The summed E-state index contributed by atoms with van der Waals surface area (Å²) in [7, 11) is 0. The summed E-state index contributed by atoms with van der Waals surface area (Å²) in [4.78, 5) is 0. The summed E-state index contributed by atoms with van der Waals surface area (Å²) < 4.78 is 0. The smallest absolute Gasteiger partial charge is 0.0929 e.